The first-order valence-corrected chi connectivity index (χ1v) is 9.16. The summed E-state index contributed by atoms with van der Waals surface area (Å²) in [7, 11) is 0. The molecule has 6 heteroatoms. The number of thiazole rings is 1. The Hall–Kier alpha value is -2.31. The van der Waals surface area contributed by atoms with Crippen molar-refractivity contribution in [3.05, 3.63) is 59.4 Å². The molecule has 2 aromatic carbocycles. The number of carbonyl (C=O) groups excluding carboxylic acids is 1. The highest BCUT2D eigenvalue weighted by atomic mass is 32.1. The molecule has 1 amide bonds. The van der Waals surface area contributed by atoms with E-state index in [2.05, 4.69) is 16.3 Å². The fraction of sp³-hybridized carbons (Fsp3) is 0.263. The van der Waals surface area contributed by atoms with Gasteiger partial charge in [-0.3, -0.25) is 9.69 Å². The van der Waals surface area contributed by atoms with Gasteiger partial charge in [0.25, 0.3) is 0 Å². The number of hydrogen-bond acceptors (Lipinski definition) is 4. The molecule has 1 atom stereocenters. The number of halogens is 1. The Morgan fingerprint density at radius 1 is 1.24 bits per heavy atom. The SMILES string of the molecule is O=C(CN1CCCC1c1nc2ccccc2s1)Nc1ccccc1F. The van der Waals surface area contributed by atoms with E-state index in [1.807, 2.05) is 18.2 Å². The number of nitrogens with zero attached hydrogens (tertiary/aromatic N) is 2. The van der Waals surface area contributed by atoms with E-state index < -0.39 is 5.82 Å². The van der Waals surface area contributed by atoms with Crippen LogP contribution in [0, 0.1) is 5.82 Å². The maximum atomic E-state index is 13.7. The normalized spacial score (nSPS) is 17.9. The largest absolute Gasteiger partial charge is 0.322 e. The van der Waals surface area contributed by atoms with Crippen molar-refractivity contribution in [1.29, 1.82) is 0 Å². The zero-order valence-electron chi connectivity index (χ0n) is 13.6. The zero-order chi connectivity index (χ0) is 17.2. The van der Waals surface area contributed by atoms with Gasteiger partial charge in [0.2, 0.25) is 5.91 Å². The van der Waals surface area contributed by atoms with Crippen molar-refractivity contribution in [1.82, 2.24) is 9.88 Å². The number of nitrogens with one attached hydrogen (secondary N) is 1. The molecule has 0 saturated carbocycles. The van der Waals surface area contributed by atoms with Gasteiger partial charge in [0, 0.05) is 0 Å². The number of hydrogen-bond donors (Lipinski definition) is 1. The van der Waals surface area contributed by atoms with Crippen LogP contribution >= 0.6 is 11.3 Å². The van der Waals surface area contributed by atoms with Gasteiger partial charge in [0.15, 0.2) is 0 Å². The summed E-state index contributed by atoms with van der Waals surface area (Å²) in [5, 5.41) is 3.72. The second-order valence-corrected chi connectivity index (χ2v) is 7.24. The Balaban J connectivity index is 1.48. The smallest absolute Gasteiger partial charge is 0.238 e. The van der Waals surface area contributed by atoms with Crippen LogP contribution in [0.5, 0.6) is 0 Å². The van der Waals surface area contributed by atoms with Gasteiger partial charge >= 0.3 is 0 Å². The van der Waals surface area contributed by atoms with Gasteiger partial charge in [-0.15, -0.1) is 11.3 Å². The summed E-state index contributed by atoms with van der Waals surface area (Å²) in [6.45, 7) is 1.10. The van der Waals surface area contributed by atoms with Crippen LogP contribution in [0.1, 0.15) is 23.9 Å². The van der Waals surface area contributed by atoms with Crippen LogP contribution in [0.2, 0.25) is 0 Å². The summed E-state index contributed by atoms with van der Waals surface area (Å²) in [6.07, 6.45) is 2.03. The maximum Gasteiger partial charge on any atom is 0.238 e. The lowest BCUT2D eigenvalue weighted by molar-refractivity contribution is -0.117. The lowest BCUT2D eigenvalue weighted by atomic mass is 10.2. The van der Waals surface area contributed by atoms with Gasteiger partial charge in [-0.05, 0) is 43.7 Å². The molecule has 2 heterocycles. The predicted molar refractivity (Wildman–Crippen MR) is 98.2 cm³/mol. The van der Waals surface area contributed by atoms with Crippen LogP contribution in [0.4, 0.5) is 10.1 Å². The Morgan fingerprint density at radius 3 is 2.88 bits per heavy atom. The molecule has 25 heavy (non-hydrogen) atoms. The molecule has 4 nitrogen and oxygen atoms in total. The highest BCUT2D eigenvalue weighted by molar-refractivity contribution is 7.18. The van der Waals surface area contributed by atoms with Gasteiger partial charge in [-0.25, -0.2) is 9.37 Å². The van der Waals surface area contributed by atoms with E-state index >= 15 is 0 Å². The Kier molecular flexibility index (Phi) is 4.46. The molecule has 1 unspecified atom stereocenters. The van der Waals surface area contributed by atoms with Gasteiger partial charge in [0.05, 0.1) is 28.5 Å². The summed E-state index contributed by atoms with van der Waals surface area (Å²) in [5.74, 6) is -0.613. The minimum absolute atomic E-state index is 0.156. The molecule has 128 valence electrons. The molecule has 0 aliphatic carbocycles. The Labute approximate surface area is 149 Å². The molecule has 1 fully saturated rings. The molecule has 3 aromatic rings. The van der Waals surface area contributed by atoms with E-state index in [0.29, 0.717) is 0 Å². The first-order valence-electron chi connectivity index (χ1n) is 8.34. The molecule has 1 saturated heterocycles. The molecule has 1 aromatic heterocycles. The van der Waals surface area contributed by atoms with Crippen molar-refractivity contribution in [2.45, 2.75) is 18.9 Å². The number of amides is 1. The number of anilines is 1. The molecule has 0 radical (unpaired) electrons. The summed E-state index contributed by atoms with van der Waals surface area (Å²) < 4.78 is 14.9. The third-order valence-electron chi connectivity index (χ3n) is 4.45. The van der Waals surface area contributed by atoms with Crippen molar-refractivity contribution in [3.63, 3.8) is 0 Å². The quantitative estimate of drug-likeness (QED) is 0.762. The van der Waals surface area contributed by atoms with Crippen LogP contribution in [-0.2, 0) is 4.79 Å². The Bertz CT molecular complexity index is 877. The second kappa shape index (κ2) is 6.90. The van der Waals surface area contributed by atoms with Crippen molar-refractivity contribution < 1.29 is 9.18 Å². The average molecular weight is 355 g/mol. The summed E-state index contributed by atoms with van der Waals surface area (Å²) in [6, 6.07) is 14.5. The number of likely N-dealkylation sites (tertiary alicyclic amines) is 1. The van der Waals surface area contributed by atoms with Crippen LogP contribution < -0.4 is 5.32 Å². The molecule has 4 rings (SSSR count). The highest BCUT2D eigenvalue weighted by Gasteiger charge is 2.30. The number of carbonyl (C=O) groups is 1. The number of fused-ring (bicyclic) bond motifs is 1. The van der Waals surface area contributed by atoms with E-state index in [-0.39, 0.29) is 24.2 Å². The monoisotopic (exact) mass is 355 g/mol. The van der Waals surface area contributed by atoms with Crippen molar-refractivity contribution in [2.24, 2.45) is 0 Å². The zero-order valence-corrected chi connectivity index (χ0v) is 14.4. The minimum atomic E-state index is -0.417. The molecular formula is C19H18FN3OS. The third-order valence-corrected chi connectivity index (χ3v) is 5.59. The summed E-state index contributed by atoms with van der Waals surface area (Å²) in [5.41, 5.74) is 1.23. The molecule has 1 aliphatic rings. The summed E-state index contributed by atoms with van der Waals surface area (Å²) >= 11 is 1.69. The van der Waals surface area contributed by atoms with E-state index in [1.54, 1.807) is 29.5 Å². The van der Waals surface area contributed by atoms with Gasteiger partial charge < -0.3 is 5.32 Å². The van der Waals surface area contributed by atoms with E-state index in [1.165, 1.54) is 10.8 Å². The fourth-order valence-corrected chi connectivity index (χ4v) is 4.40. The number of para-hydroxylation sites is 2. The lowest BCUT2D eigenvalue weighted by Crippen LogP contribution is -2.33. The van der Waals surface area contributed by atoms with Crippen LogP contribution in [0.3, 0.4) is 0 Å². The van der Waals surface area contributed by atoms with Gasteiger partial charge in [-0.2, -0.15) is 0 Å². The molecule has 0 spiro atoms. The first kappa shape index (κ1) is 16.2. The van der Waals surface area contributed by atoms with Crippen LogP contribution in [-0.4, -0.2) is 28.9 Å². The molecule has 1 N–H and O–H groups in total. The van der Waals surface area contributed by atoms with Crippen LogP contribution in [0.15, 0.2) is 48.5 Å². The van der Waals surface area contributed by atoms with E-state index in [0.717, 1.165) is 29.9 Å². The van der Waals surface area contributed by atoms with Crippen molar-refractivity contribution >= 4 is 33.1 Å². The minimum Gasteiger partial charge on any atom is -0.322 e. The standard InChI is InChI=1S/C19H18FN3OS/c20-13-6-1-2-7-14(13)21-18(24)12-23-11-5-9-16(23)19-22-15-8-3-4-10-17(15)25-19/h1-4,6-8,10,16H,5,9,11-12H2,(H,21,24). The van der Waals surface area contributed by atoms with Gasteiger partial charge in [-0.1, -0.05) is 24.3 Å². The fourth-order valence-electron chi connectivity index (χ4n) is 3.26. The van der Waals surface area contributed by atoms with E-state index in [9.17, 15) is 9.18 Å². The lowest BCUT2D eigenvalue weighted by Gasteiger charge is -2.22. The highest BCUT2D eigenvalue weighted by Crippen LogP contribution is 2.36. The third kappa shape index (κ3) is 3.41. The summed E-state index contributed by atoms with van der Waals surface area (Å²) in [4.78, 5) is 19.2. The average Bonchev–Trinajstić information content (AvgIpc) is 3.23. The van der Waals surface area contributed by atoms with Crippen molar-refractivity contribution in [2.75, 3.05) is 18.4 Å². The first-order chi connectivity index (χ1) is 12.2. The molecular weight excluding hydrogens is 337 g/mol. The Morgan fingerprint density at radius 2 is 2.04 bits per heavy atom. The number of benzene rings is 2. The topological polar surface area (TPSA) is 45.2 Å². The number of rotatable bonds is 4. The second-order valence-electron chi connectivity index (χ2n) is 6.18. The predicted octanol–water partition coefficient (Wildman–Crippen LogP) is 4.21. The van der Waals surface area contributed by atoms with Crippen molar-refractivity contribution in [3.8, 4) is 0 Å². The van der Waals surface area contributed by atoms with Gasteiger partial charge in [0.1, 0.15) is 10.8 Å². The van der Waals surface area contributed by atoms with Crippen LogP contribution in [0.25, 0.3) is 10.2 Å². The molecule has 1 aliphatic heterocycles. The molecule has 0 bridgehead atoms. The maximum absolute atomic E-state index is 13.7. The number of aromatic nitrogens is 1. The van der Waals surface area contributed by atoms with E-state index in [4.69, 9.17) is 4.98 Å².